The van der Waals surface area contributed by atoms with Crippen molar-refractivity contribution in [1.29, 1.82) is 0 Å². The van der Waals surface area contributed by atoms with Crippen LogP contribution in [0.5, 0.6) is 5.75 Å². The van der Waals surface area contributed by atoms with Gasteiger partial charge >= 0.3 is 0 Å². The summed E-state index contributed by atoms with van der Waals surface area (Å²) in [6.45, 7) is 2.54. The van der Waals surface area contributed by atoms with Gasteiger partial charge in [0.1, 0.15) is 11.9 Å². The molecule has 1 heterocycles. The van der Waals surface area contributed by atoms with Crippen molar-refractivity contribution in [2.75, 3.05) is 6.61 Å². The summed E-state index contributed by atoms with van der Waals surface area (Å²) in [4.78, 5) is 0. The van der Waals surface area contributed by atoms with E-state index in [0.717, 1.165) is 21.5 Å². The molecule has 2 aromatic rings. The summed E-state index contributed by atoms with van der Waals surface area (Å²) in [5, 5.41) is 14.5. The van der Waals surface area contributed by atoms with Crippen molar-refractivity contribution in [2.45, 2.75) is 13.0 Å². The Bertz CT molecular complexity index is 520. The summed E-state index contributed by atoms with van der Waals surface area (Å²) in [5.41, 5.74) is 1.51. The molecule has 0 bridgehead atoms. The first kappa shape index (κ1) is 13.1. The van der Waals surface area contributed by atoms with E-state index in [1.165, 1.54) is 0 Å². The van der Waals surface area contributed by atoms with Gasteiger partial charge < -0.3 is 9.84 Å². The largest absolute Gasteiger partial charge is 0.494 e. The number of hydrogen-bond acceptors (Lipinski definition) is 3. The number of aliphatic hydroxyl groups is 1. The van der Waals surface area contributed by atoms with Crippen LogP contribution in [0.2, 0.25) is 0 Å². The van der Waals surface area contributed by atoms with Gasteiger partial charge in [-0.3, -0.25) is 4.68 Å². The number of nitrogens with zero attached hydrogens (tertiary/aromatic N) is 2. The zero-order chi connectivity index (χ0) is 13.1. The quantitative estimate of drug-likeness (QED) is 0.944. The highest BCUT2D eigenvalue weighted by Gasteiger charge is 2.18. The number of aryl methyl sites for hydroxylation is 1. The molecule has 0 spiro atoms. The van der Waals surface area contributed by atoms with Gasteiger partial charge in [0.15, 0.2) is 0 Å². The van der Waals surface area contributed by atoms with E-state index in [2.05, 4.69) is 21.0 Å². The first-order chi connectivity index (χ1) is 8.63. The molecule has 0 aliphatic rings. The predicted molar refractivity (Wildman–Crippen MR) is 72.6 cm³/mol. The fourth-order valence-corrected chi connectivity index (χ4v) is 2.39. The molecule has 5 heteroatoms. The minimum Gasteiger partial charge on any atom is -0.494 e. The standard InChI is InChI=1S/C13H15BrN2O2/c1-3-18-10-6-4-5-9(7-10)13(17)12-11(14)8-15-16(12)2/h4-8,13,17H,3H2,1-2H3. The van der Waals surface area contributed by atoms with E-state index in [-0.39, 0.29) is 0 Å². The van der Waals surface area contributed by atoms with Gasteiger partial charge in [0.05, 0.1) is 23.0 Å². The lowest BCUT2D eigenvalue weighted by atomic mass is 10.1. The molecule has 0 fully saturated rings. The summed E-state index contributed by atoms with van der Waals surface area (Å²) in [5.74, 6) is 0.757. The van der Waals surface area contributed by atoms with Crippen LogP contribution in [0.1, 0.15) is 24.3 Å². The molecule has 96 valence electrons. The molecule has 0 saturated carbocycles. The molecular formula is C13H15BrN2O2. The average molecular weight is 311 g/mol. The SMILES string of the molecule is CCOc1cccc(C(O)c2c(Br)cnn2C)c1. The Hall–Kier alpha value is -1.33. The van der Waals surface area contributed by atoms with Crippen molar-refractivity contribution in [1.82, 2.24) is 9.78 Å². The minimum absolute atomic E-state index is 0.606. The summed E-state index contributed by atoms with van der Waals surface area (Å²) >= 11 is 3.39. The molecule has 18 heavy (non-hydrogen) atoms. The predicted octanol–water partition coefficient (Wildman–Crippen LogP) is 2.66. The average Bonchev–Trinajstić information content (AvgIpc) is 2.69. The van der Waals surface area contributed by atoms with Crippen LogP contribution in [0.4, 0.5) is 0 Å². The van der Waals surface area contributed by atoms with Gasteiger partial charge in [0, 0.05) is 7.05 Å². The molecule has 0 amide bonds. The number of rotatable bonds is 4. The van der Waals surface area contributed by atoms with Crippen molar-refractivity contribution < 1.29 is 9.84 Å². The maximum absolute atomic E-state index is 10.4. The van der Waals surface area contributed by atoms with Crippen LogP contribution in [0.3, 0.4) is 0 Å². The number of halogens is 1. The minimum atomic E-state index is -0.729. The lowest BCUT2D eigenvalue weighted by Crippen LogP contribution is -2.07. The first-order valence-electron chi connectivity index (χ1n) is 5.71. The van der Waals surface area contributed by atoms with Gasteiger partial charge in [0.2, 0.25) is 0 Å². The Kier molecular flexibility index (Phi) is 4.04. The second-order valence-electron chi connectivity index (χ2n) is 3.91. The zero-order valence-corrected chi connectivity index (χ0v) is 11.9. The zero-order valence-electron chi connectivity index (χ0n) is 10.3. The summed E-state index contributed by atoms with van der Waals surface area (Å²) < 4.78 is 7.88. The summed E-state index contributed by atoms with van der Waals surface area (Å²) in [6.07, 6.45) is 0.942. The number of aliphatic hydroxyl groups excluding tert-OH is 1. The lowest BCUT2D eigenvalue weighted by molar-refractivity contribution is 0.208. The molecule has 0 saturated heterocycles. The van der Waals surface area contributed by atoms with Gasteiger partial charge in [-0.15, -0.1) is 0 Å². The van der Waals surface area contributed by atoms with E-state index in [9.17, 15) is 5.11 Å². The second-order valence-corrected chi connectivity index (χ2v) is 4.76. The third-order valence-electron chi connectivity index (χ3n) is 2.68. The Morgan fingerprint density at radius 1 is 1.50 bits per heavy atom. The summed E-state index contributed by atoms with van der Waals surface area (Å²) in [6, 6.07) is 7.45. The third-order valence-corrected chi connectivity index (χ3v) is 3.29. The van der Waals surface area contributed by atoms with Gasteiger partial charge in [-0.1, -0.05) is 12.1 Å². The van der Waals surface area contributed by atoms with E-state index in [1.54, 1.807) is 17.9 Å². The van der Waals surface area contributed by atoms with E-state index < -0.39 is 6.10 Å². The fraction of sp³-hybridized carbons (Fsp3) is 0.308. The van der Waals surface area contributed by atoms with Gasteiger partial charge in [-0.25, -0.2) is 0 Å². The highest BCUT2D eigenvalue weighted by Crippen LogP contribution is 2.29. The van der Waals surface area contributed by atoms with E-state index in [4.69, 9.17) is 4.74 Å². The Morgan fingerprint density at radius 3 is 2.89 bits per heavy atom. The van der Waals surface area contributed by atoms with Crippen molar-refractivity contribution in [3.8, 4) is 5.75 Å². The van der Waals surface area contributed by atoms with E-state index in [0.29, 0.717) is 6.61 Å². The van der Waals surface area contributed by atoms with Gasteiger partial charge in [0.25, 0.3) is 0 Å². The topological polar surface area (TPSA) is 47.3 Å². The number of hydrogen-bond donors (Lipinski definition) is 1. The van der Waals surface area contributed by atoms with Gasteiger partial charge in [-0.05, 0) is 40.5 Å². The molecule has 1 unspecified atom stereocenters. The summed E-state index contributed by atoms with van der Waals surface area (Å²) in [7, 11) is 1.80. The second kappa shape index (κ2) is 5.54. The molecule has 1 N–H and O–H groups in total. The number of aromatic nitrogens is 2. The smallest absolute Gasteiger partial charge is 0.122 e. The molecule has 0 aliphatic heterocycles. The monoisotopic (exact) mass is 310 g/mol. The third kappa shape index (κ3) is 2.57. The Balaban J connectivity index is 2.34. The van der Waals surface area contributed by atoms with Crippen LogP contribution in [0.15, 0.2) is 34.9 Å². The molecule has 2 rings (SSSR count). The van der Waals surface area contributed by atoms with Crippen LogP contribution in [-0.2, 0) is 7.05 Å². The lowest BCUT2D eigenvalue weighted by Gasteiger charge is -2.13. The molecule has 0 radical (unpaired) electrons. The Morgan fingerprint density at radius 2 is 2.28 bits per heavy atom. The van der Waals surface area contributed by atoms with Crippen molar-refractivity contribution in [3.63, 3.8) is 0 Å². The van der Waals surface area contributed by atoms with Crippen molar-refractivity contribution in [2.24, 2.45) is 7.05 Å². The number of benzene rings is 1. The Labute approximate surface area is 114 Å². The molecule has 1 aromatic carbocycles. The maximum Gasteiger partial charge on any atom is 0.122 e. The van der Waals surface area contributed by atoms with Crippen LogP contribution in [0, 0.1) is 0 Å². The van der Waals surface area contributed by atoms with E-state index in [1.807, 2.05) is 31.2 Å². The molecule has 4 nitrogen and oxygen atoms in total. The molecule has 1 aromatic heterocycles. The number of ether oxygens (including phenoxy) is 1. The van der Waals surface area contributed by atoms with Crippen molar-refractivity contribution in [3.05, 3.63) is 46.2 Å². The van der Waals surface area contributed by atoms with Crippen molar-refractivity contribution >= 4 is 15.9 Å². The highest BCUT2D eigenvalue weighted by molar-refractivity contribution is 9.10. The maximum atomic E-state index is 10.4. The normalized spacial score (nSPS) is 12.4. The molecule has 1 atom stereocenters. The first-order valence-corrected chi connectivity index (χ1v) is 6.51. The van der Waals surface area contributed by atoms with E-state index >= 15 is 0 Å². The van der Waals surface area contributed by atoms with Crippen LogP contribution in [-0.4, -0.2) is 21.5 Å². The van der Waals surface area contributed by atoms with Crippen LogP contribution in [0.25, 0.3) is 0 Å². The van der Waals surface area contributed by atoms with Crippen LogP contribution < -0.4 is 4.74 Å². The molecule has 0 aliphatic carbocycles. The highest BCUT2D eigenvalue weighted by atomic mass is 79.9. The molecular weight excluding hydrogens is 296 g/mol. The van der Waals surface area contributed by atoms with Gasteiger partial charge in [-0.2, -0.15) is 5.10 Å². The van der Waals surface area contributed by atoms with Crippen LogP contribution >= 0.6 is 15.9 Å². The fourth-order valence-electron chi connectivity index (χ4n) is 1.83.